The molecule has 3 aromatic rings. The molecule has 0 bridgehead atoms. The summed E-state index contributed by atoms with van der Waals surface area (Å²) in [5, 5.41) is 0. The van der Waals surface area contributed by atoms with Gasteiger partial charge in [0, 0.05) is 16.8 Å². The van der Waals surface area contributed by atoms with Crippen molar-refractivity contribution in [1.82, 2.24) is 9.55 Å². The van der Waals surface area contributed by atoms with E-state index in [-0.39, 0.29) is 11.5 Å². The third-order valence-corrected chi connectivity index (χ3v) is 4.77. The van der Waals surface area contributed by atoms with Gasteiger partial charge in [0.05, 0.1) is 6.20 Å². The summed E-state index contributed by atoms with van der Waals surface area (Å²) >= 11 is 0. The average molecular weight is 377 g/mol. The Kier molecular flexibility index (Phi) is 4.04. The van der Waals surface area contributed by atoms with Crippen molar-refractivity contribution in [3.63, 3.8) is 0 Å². The SMILES string of the molecule is Cc1cnc2n1C(C)(C)C(=O)N2c1c(F)cc(C#Cc2ccccc2)cc1F. The first-order valence-corrected chi connectivity index (χ1v) is 8.76. The van der Waals surface area contributed by atoms with Crippen molar-refractivity contribution in [3.8, 4) is 11.8 Å². The number of hydrogen-bond acceptors (Lipinski definition) is 2. The van der Waals surface area contributed by atoms with Crippen molar-refractivity contribution in [2.45, 2.75) is 26.3 Å². The standard InChI is InChI=1S/C22H17F2N3O/c1-14-13-25-21-26(20(28)22(2,3)27(14)21)19-17(23)11-16(12-18(19)24)10-9-15-7-5-4-6-8-15/h4-8,11-13H,1-3H3. The second kappa shape index (κ2) is 6.31. The number of rotatable bonds is 1. The maximum absolute atomic E-state index is 14.9. The van der Waals surface area contributed by atoms with Gasteiger partial charge in [-0.25, -0.2) is 18.7 Å². The van der Waals surface area contributed by atoms with Crippen LogP contribution in [0.1, 0.15) is 30.7 Å². The van der Waals surface area contributed by atoms with Crippen LogP contribution < -0.4 is 4.90 Å². The zero-order valence-corrected chi connectivity index (χ0v) is 15.6. The Labute approximate surface area is 161 Å². The molecule has 1 amide bonds. The first-order valence-electron chi connectivity index (χ1n) is 8.76. The van der Waals surface area contributed by atoms with Crippen LogP contribution in [0.2, 0.25) is 0 Å². The number of anilines is 2. The van der Waals surface area contributed by atoms with Gasteiger partial charge in [0.25, 0.3) is 5.91 Å². The van der Waals surface area contributed by atoms with Gasteiger partial charge in [-0.3, -0.25) is 9.36 Å². The van der Waals surface area contributed by atoms with Gasteiger partial charge in [-0.15, -0.1) is 0 Å². The molecule has 0 unspecified atom stereocenters. The highest BCUT2D eigenvalue weighted by Gasteiger charge is 2.47. The summed E-state index contributed by atoms with van der Waals surface area (Å²) in [6.07, 6.45) is 1.58. The predicted octanol–water partition coefficient (Wildman–Crippen LogP) is 4.28. The van der Waals surface area contributed by atoms with Crippen LogP contribution in [0.5, 0.6) is 0 Å². The number of imidazole rings is 1. The molecule has 0 radical (unpaired) electrons. The van der Waals surface area contributed by atoms with E-state index in [1.54, 1.807) is 43.7 Å². The Bertz CT molecular complexity index is 1130. The number of carbonyl (C=O) groups excluding carboxylic acids is 1. The van der Waals surface area contributed by atoms with Crippen molar-refractivity contribution >= 4 is 17.5 Å². The van der Waals surface area contributed by atoms with Gasteiger partial charge in [-0.05, 0) is 45.0 Å². The molecule has 1 aliphatic heterocycles. The Morgan fingerprint density at radius 2 is 1.61 bits per heavy atom. The van der Waals surface area contributed by atoms with Crippen LogP contribution in [0.25, 0.3) is 0 Å². The fraction of sp³-hybridized carbons (Fsp3) is 0.182. The Balaban J connectivity index is 1.78. The van der Waals surface area contributed by atoms with Crippen LogP contribution in [0, 0.1) is 30.4 Å². The fourth-order valence-electron chi connectivity index (χ4n) is 3.45. The number of aromatic nitrogens is 2. The molecule has 4 rings (SSSR count). The van der Waals surface area contributed by atoms with Crippen LogP contribution in [0.4, 0.5) is 20.4 Å². The molecular formula is C22H17F2N3O. The monoisotopic (exact) mass is 377 g/mol. The van der Waals surface area contributed by atoms with Crippen molar-refractivity contribution in [2.24, 2.45) is 0 Å². The first kappa shape index (κ1) is 17.9. The molecule has 0 saturated carbocycles. The zero-order valence-electron chi connectivity index (χ0n) is 15.6. The van der Waals surface area contributed by atoms with Gasteiger partial charge in [0.15, 0.2) is 11.6 Å². The first-order chi connectivity index (χ1) is 13.3. The van der Waals surface area contributed by atoms with E-state index in [4.69, 9.17) is 0 Å². The number of nitrogens with zero attached hydrogens (tertiary/aromatic N) is 3. The molecule has 1 aromatic heterocycles. The highest BCUT2D eigenvalue weighted by molar-refractivity contribution is 6.07. The second-order valence-electron chi connectivity index (χ2n) is 7.14. The van der Waals surface area contributed by atoms with E-state index in [1.807, 2.05) is 18.2 Å². The molecule has 0 aliphatic carbocycles. The number of aryl methyl sites for hydroxylation is 1. The summed E-state index contributed by atoms with van der Waals surface area (Å²) < 4.78 is 31.4. The number of benzene rings is 2. The van der Waals surface area contributed by atoms with E-state index < -0.39 is 28.8 Å². The molecule has 0 spiro atoms. The van der Waals surface area contributed by atoms with Crippen molar-refractivity contribution in [3.05, 3.63) is 77.1 Å². The minimum Gasteiger partial charge on any atom is -0.299 e. The zero-order chi connectivity index (χ0) is 20.1. The lowest BCUT2D eigenvalue weighted by molar-refractivity contribution is -0.123. The molecule has 0 atom stereocenters. The smallest absolute Gasteiger partial charge is 0.259 e. The van der Waals surface area contributed by atoms with Gasteiger partial charge in [0.1, 0.15) is 11.2 Å². The summed E-state index contributed by atoms with van der Waals surface area (Å²) in [5.74, 6) is 3.65. The van der Waals surface area contributed by atoms with Crippen LogP contribution >= 0.6 is 0 Å². The Morgan fingerprint density at radius 3 is 2.25 bits per heavy atom. The molecule has 28 heavy (non-hydrogen) atoms. The minimum absolute atomic E-state index is 0.188. The van der Waals surface area contributed by atoms with E-state index in [9.17, 15) is 13.6 Å². The minimum atomic E-state index is -0.986. The largest absolute Gasteiger partial charge is 0.299 e. The van der Waals surface area contributed by atoms with Crippen LogP contribution in [0.15, 0.2) is 48.7 Å². The van der Waals surface area contributed by atoms with Crippen molar-refractivity contribution < 1.29 is 13.6 Å². The van der Waals surface area contributed by atoms with Gasteiger partial charge >= 0.3 is 0 Å². The third-order valence-electron chi connectivity index (χ3n) is 4.77. The lowest BCUT2D eigenvalue weighted by Gasteiger charge is -2.21. The summed E-state index contributed by atoms with van der Waals surface area (Å²) in [4.78, 5) is 18.1. The third kappa shape index (κ3) is 2.67. The normalized spacial score (nSPS) is 14.6. The maximum atomic E-state index is 14.9. The molecule has 0 fully saturated rings. The van der Waals surface area contributed by atoms with E-state index in [2.05, 4.69) is 16.8 Å². The number of fused-ring (bicyclic) bond motifs is 1. The quantitative estimate of drug-likeness (QED) is 0.594. The Hall–Kier alpha value is -3.46. The lowest BCUT2D eigenvalue weighted by atomic mass is 10.0. The number of halogens is 2. The molecule has 6 heteroatoms. The van der Waals surface area contributed by atoms with Crippen LogP contribution in [-0.2, 0) is 10.3 Å². The summed E-state index contributed by atoms with van der Waals surface area (Å²) in [7, 11) is 0. The number of carbonyl (C=O) groups is 1. The fourth-order valence-corrected chi connectivity index (χ4v) is 3.45. The molecule has 2 heterocycles. The van der Waals surface area contributed by atoms with Crippen molar-refractivity contribution in [1.29, 1.82) is 0 Å². The van der Waals surface area contributed by atoms with Gasteiger partial charge in [-0.2, -0.15) is 0 Å². The highest BCUT2D eigenvalue weighted by atomic mass is 19.1. The van der Waals surface area contributed by atoms with Crippen LogP contribution in [-0.4, -0.2) is 15.5 Å². The van der Waals surface area contributed by atoms with E-state index in [0.29, 0.717) is 0 Å². The van der Waals surface area contributed by atoms with E-state index in [0.717, 1.165) is 28.3 Å². The number of amides is 1. The van der Waals surface area contributed by atoms with Crippen LogP contribution in [0.3, 0.4) is 0 Å². The summed E-state index contributed by atoms with van der Waals surface area (Å²) in [6.45, 7) is 5.19. The Morgan fingerprint density at radius 1 is 1.00 bits per heavy atom. The van der Waals surface area contributed by atoms with E-state index >= 15 is 0 Å². The molecule has 2 aromatic carbocycles. The highest BCUT2D eigenvalue weighted by Crippen LogP contribution is 2.42. The van der Waals surface area contributed by atoms with Gasteiger partial charge < -0.3 is 0 Å². The summed E-state index contributed by atoms with van der Waals surface area (Å²) in [6, 6.07) is 11.4. The van der Waals surface area contributed by atoms with Gasteiger partial charge in [0.2, 0.25) is 5.95 Å². The summed E-state index contributed by atoms with van der Waals surface area (Å²) in [5.41, 5.74) is 0.240. The molecule has 0 N–H and O–H groups in total. The van der Waals surface area contributed by atoms with Gasteiger partial charge in [-0.1, -0.05) is 30.0 Å². The van der Waals surface area contributed by atoms with Crippen molar-refractivity contribution in [2.75, 3.05) is 4.90 Å². The molecule has 1 aliphatic rings. The molecular weight excluding hydrogens is 360 g/mol. The number of hydrogen-bond donors (Lipinski definition) is 0. The average Bonchev–Trinajstić information content (AvgIpc) is 3.13. The molecule has 4 nitrogen and oxygen atoms in total. The molecule has 140 valence electrons. The maximum Gasteiger partial charge on any atom is 0.259 e. The topological polar surface area (TPSA) is 38.1 Å². The second-order valence-corrected chi connectivity index (χ2v) is 7.14. The lowest BCUT2D eigenvalue weighted by Crippen LogP contribution is -2.37. The molecule has 0 saturated heterocycles. The predicted molar refractivity (Wildman–Crippen MR) is 102 cm³/mol. The van der Waals surface area contributed by atoms with E-state index in [1.165, 1.54) is 0 Å².